The van der Waals surface area contributed by atoms with E-state index >= 15 is 0 Å². The summed E-state index contributed by atoms with van der Waals surface area (Å²) < 4.78 is 0. The Balaban J connectivity index is 1.95. The van der Waals surface area contributed by atoms with Crippen LogP contribution in [0.4, 0.5) is 0 Å². The van der Waals surface area contributed by atoms with Crippen LogP contribution in [0.5, 0.6) is 0 Å². The molecule has 0 atom stereocenters. The van der Waals surface area contributed by atoms with Crippen molar-refractivity contribution in [2.24, 2.45) is 17.1 Å². The Morgan fingerprint density at radius 1 is 1.37 bits per heavy atom. The third kappa shape index (κ3) is 2.75. The molecule has 6 heteroatoms. The van der Waals surface area contributed by atoms with Crippen molar-refractivity contribution in [1.29, 1.82) is 0 Å². The van der Waals surface area contributed by atoms with Crippen LogP contribution in [0.3, 0.4) is 0 Å². The van der Waals surface area contributed by atoms with Crippen molar-refractivity contribution in [1.82, 2.24) is 9.80 Å². The van der Waals surface area contributed by atoms with Gasteiger partial charge in [-0.1, -0.05) is 19.1 Å². The van der Waals surface area contributed by atoms with E-state index in [4.69, 9.17) is 23.1 Å². The Bertz CT molecular complexity index is 361. The average molecular weight is 285 g/mol. The standard InChI is InChI=1S/C13H23N3O2S/c1-10-8-13(9-10,11(14)19)12(18)16-4-2-15(3-5-16)6-7-17/h10,17H,2-9H2,1H3,(H2,14,19). The molecule has 3 N–H and O–H groups in total. The number of thiocarbonyl (C=S) groups is 1. The van der Waals surface area contributed by atoms with Crippen LogP contribution in [0.15, 0.2) is 0 Å². The lowest BCUT2D eigenvalue weighted by Crippen LogP contribution is -2.60. The van der Waals surface area contributed by atoms with Crippen molar-refractivity contribution < 1.29 is 9.90 Å². The average Bonchev–Trinajstić information content (AvgIpc) is 2.35. The normalized spacial score (nSPS) is 31.9. The van der Waals surface area contributed by atoms with Gasteiger partial charge in [-0.2, -0.15) is 0 Å². The lowest BCUT2D eigenvalue weighted by Gasteiger charge is -2.48. The quantitative estimate of drug-likeness (QED) is 0.702. The first kappa shape index (κ1) is 14.7. The number of rotatable bonds is 4. The second kappa shape index (κ2) is 5.73. The molecule has 1 heterocycles. The zero-order chi connectivity index (χ0) is 14.0. The van der Waals surface area contributed by atoms with Gasteiger partial charge in [0.2, 0.25) is 5.91 Å². The molecule has 1 saturated heterocycles. The number of carbonyl (C=O) groups excluding carboxylic acids is 1. The van der Waals surface area contributed by atoms with Crippen molar-refractivity contribution in [2.75, 3.05) is 39.3 Å². The highest BCUT2D eigenvalue weighted by Gasteiger charge is 2.52. The first-order valence-electron chi connectivity index (χ1n) is 6.92. The van der Waals surface area contributed by atoms with Gasteiger partial charge in [0, 0.05) is 32.7 Å². The summed E-state index contributed by atoms with van der Waals surface area (Å²) in [4.78, 5) is 17.1. The largest absolute Gasteiger partial charge is 0.395 e. The van der Waals surface area contributed by atoms with Crippen LogP contribution in [0.25, 0.3) is 0 Å². The molecule has 0 aromatic heterocycles. The maximum Gasteiger partial charge on any atom is 0.235 e. The smallest absolute Gasteiger partial charge is 0.235 e. The van der Waals surface area contributed by atoms with E-state index in [1.165, 1.54) is 0 Å². The molecule has 5 nitrogen and oxygen atoms in total. The SMILES string of the molecule is CC1CC(C(=O)N2CCN(CCO)CC2)(C(N)=S)C1. The molecule has 108 valence electrons. The molecule has 0 aromatic rings. The monoisotopic (exact) mass is 285 g/mol. The summed E-state index contributed by atoms with van der Waals surface area (Å²) in [6.45, 7) is 6.02. The topological polar surface area (TPSA) is 69.8 Å². The Morgan fingerprint density at radius 2 is 1.95 bits per heavy atom. The fourth-order valence-corrected chi connectivity index (χ4v) is 3.48. The van der Waals surface area contributed by atoms with E-state index in [9.17, 15) is 4.79 Å². The number of piperazine rings is 1. The van der Waals surface area contributed by atoms with E-state index in [1.54, 1.807) is 0 Å². The number of carbonyl (C=O) groups is 1. The molecular formula is C13H23N3O2S. The van der Waals surface area contributed by atoms with Gasteiger partial charge in [-0.05, 0) is 18.8 Å². The van der Waals surface area contributed by atoms with Gasteiger partial charge in [-0.3, -0.25) is 9.69 Å². The zero-order valence-corrected chi connectivity index (χ0v) is 12.3. The highest BCUT2D eigenvalue weighted by Crippen LogP contribution is 2.47. The summed E-state index contributed by atoms with van der Waals surface area (Å²) in [5.41, 5.74) is 5.24. The molecule has 2 fully saturated rings. The number of aliphatic hydroxyl groups is 1. The van der Waals surface area contributed by atoms with Gasteiger partial charge in [0.25, 0.3) is 0 Å². The minimum atomic E-state index is -0.575. The number of β-amino-alcohol motifs (C(OH)–C–C–N with tert-alkyl or cyclic N) is 1. The summed E-state index contributed by atoms with van der Waals surface area (Å²) >= 11 is 5.13. The molecule has 1 amide bonds. The highest BCUT2D eigenvalue weighted by atomic mass is 32.1. The van der Waals surface area contributed by atoms with Crippen LogP contribution >= 0.6 is 12.2 Å². The summed E-state index contributed by atoms with van der Waals surface area (Å²) in [7, 11) is 0. The molecule has 0 spiro atoms. The molecule has 0 aromatic carbocycles. The molecule has 1 saturated carbocycles. The number of nitrogens with zero attached hydrogens (tertiary/aromatic N) is 2. The van der Waals surface area contributed by atoms with Crippen molar-refractivity contribution in [3.63, 3.8) is 0 Å². The van der Waals surface area contributed by atoms with Crippen LogP contribution in [-0.2, 0) is 4.79 Å². The van der Waals surface area contributed by atoms with Crippen molar-refractivity contribution in [2.45, 2.75) is 19.8 Å². The van der Waals surface area contributed by atoms with Crippen LogP contribution in [0.2, 0.25) is 0 Å². The zero-order valence-electron chi connectivity index (χ0n) is 11.5. The van der Waals surface area contributed by atoms with E-state index < -0.39 is 5.41 Å². The Labute approximate surface area is 119 Å². The van der Waals surface area contributed by atoms with E-state index in [0.29, 0.717) is 30.5 Å². The minimum Gasteiger partial charge on any atom is -0.395 e. The van der Waals surface area contributed by atoms with E-state index in [0.717, 1.165) is 25.9 Å². The number of aliphatic hydroxyl groups excluding tert-OH is 1. The van der Waals surface area contributed by atoms with E-state index in [1.807, 2.05) is 4.90 Å². The Hall–Kier alpha value is -0.720. The van der Waals surface area contributed by atoms with Gasteiger partial charge in [-0.25, -0.2) is 0 Å². The highest BCUT2D eigenvalue weighted by molar-refractivity contribution is 7.80. The van der Waals surface area contributed by atoms with E-state index in [-0.39, 0.29) is 12.5 Å². The summed E-state index contributed by atoms with van der Waals surface area (Å²) in [6.07, 6.45) is 1.58. The second-order valence-corrected chi connectivity index (χ2v) is 6.26. The van der Waals surface area contributed by atoms with Crippen LogP contribution in [0.1, 0.15) is 19.8 Å². The molecule has 1 aliphatic carbocycles. The molecule has 2 rings (SSSR count). The molecular weight excluding hydrogens is 262 g/mol. The summed E-state index contributed by atoms with van der Waals surface area (Å²) in [6, 6.07) is 0. The van der Waals surface area contributed by atoms with Crippen molar-refractivity contribution >= 4 is 23.1 Å². The number of amides is 1. The summed E-state index contributed by atoms with van der Waals surface area (Å²) in [5, 5.41) is 8.92. The Kier molecular flexibility index (Phi) is 4.43. The lowest BCUT2D eigenvalue weighted by atomic mass is 9.61. The molecule has 0 bridgehead atoms. The van der Waals surface area contributed by atoms with Gasteiger partial charge in [0.15, 0.2) is 0 Å². The first-order valence-corrected chi connectivity index (χ1v) is 7.33. The van der Waals surface area contributed by atoms with Gasteiger partial charge in [0.1, 0.15) is 0 Å². The minimum absolute atomic E-state index is 0.113. The van der Waals surface area contributed by atoms with Crippen molar-refractivity contribution in [3.05, 3.63) is 0 Å². The van der Waals surface area contributed by atoms with Crippen molar-refractivity contribution in [3.8, 4) is 0 Å². The summed E-state index contributed by atoms with van der Waals surface area (Å²) in [5.74, 6) is 0.642. The molecule has 0 radical (unpaired) electrons. The van der Waals surface area contributed by atoms with Gasteiger partial charge < -0.3 is 15.7 Å². The van der Waals surface area contributed by atoms with Crippen LogP contribution in [-0.4, -0.2) is 65.1 Å². The fraction of sp³-hybridized carbons (Fsp3) is 0.846. The molecule has 1 aliphatic heterocycles. The second-order valence-electron chi connectivity index (χ2n) is 5.82. The lowest BCUT2D eigenvalue weighted by molar-refractivity contribution is -0.146. The molecule has 2 aliphatic rings. The molecule has 19 heavy (non-hydrogen) atoms. The fourth-order valence-electron chi connectivity index (χ4n) is 3.23. The van der Waals surface area contributed by atoms with E-state index in [2.05, 4.69) is 11.8 Å². The van der Waals surface area contributed by atoms with Crippen LogP contribution in [0, 0.1) is 11.3 Å². The predicted octanol–water partition coefficient (Wildman–Crippen LogP) is -0.175. The van der Waals surface area contributed by atoms with Gasteiger partial charge in [-0.15, -0.1) is 0 Å². The number of nitrogens with two attached hydrogens (primary N) is 1. The maximum atomic E-state index is 12.6. The third-order valence-electron chi connectivity index (χ3n) is 4.35. The van der Waals surface area contributed by atoms with Gasteiger partial charge >= 0.3 is 0 Å². The molecule has 0 unspecified atom stereocenters. The Morgan fingerprint density at radius 3 is 2.37 bits per heavy atom. The first-order chi connectivity index (χ1) is 8.99. The predicted molar refractivity (Wildman–Crippen MR) is 77.7 cm³/mol. The third-order valence-corrected chi connectivity index (χ3v) is 4.74. The maximum absolute atomic E-state index is 12.6. The van der Waals surface area contributed by atoms with Crippen LogP contribution < -0.4 is 5.73 Å². The number of hydrogen-bond donors (Lipinski definition) is 2. The van der Waals surface area contributed by atoms with Gasteiger partial charge in [0.05, 0.1) is 17.0 Å². The number of hydrogen-bond acceptors (Lipinski definition) is 4.